The summed E-state index contributed by atoms with van der Waals surface area (Å²) in [5.74, 6) is 0.199. The molecule has 1 heterocycles. The van der Waals surface area contributed by atoms with Crippen LogP contribution in [0.2, 0.25) is 0 Å². The fraction of sp³-hybridized carbons (Fsp3) is 0.368. The molecule has 126 valence electrons. The third-order valence-electron chi connectivity index (χ3n) is 4.73. The van der Waals surface area contributed by atoms with Crippen molar-refractivity contribution in [1.29, 1.82) is 0 Å². The van der Waals surface area contributed by atoms with Crippen LogP contribution in [0, 0.1) is 5.82 Å². The summed E-state index contributed by atoms with van der Waals surface area (Å²) in [5, 5.41) is 2.99. The molecule has 0 spiro atoms. The topological polar surface area (TPSA) is 51.2 Å². The fourth-order valence-corrected chi connectivity index (χ4v) is 3.40. The molecular formula is C19H21FN2O2. The van der Waals surface area contributed by atoms with Crippen LogP contribution < -0.4 is 10.1 Å². The van der Waals surface area contributed by atoms with Crippen molar-refractivity contribution in [3.63, 3.8) is 0 Å². The number of pyridine rings is 1. The fourth-order valence-electron chi connectivity index (χ4n) is 3.40. The largest absolute Gasteiger partial charge is 0.481 e. The molecular weight excluding hydrogens is 307 g/mol. The van der Waals surface area contributed by atoms with Gasteiger partial charge in [0.2, 0.25) is 11.8 Å². The summed E-state index contributed by atoms with van der Waals surface area (Å²) < 4.78 is 18.7. The van der Waals surface area contributed by atoms with E-state index in [9.17, 15) is 9.18 Å². The Morgan fingerprint density at radius 3 is 2.71 bits per heavy atom. The summed E-state index contributed by atoms with van der Waals surface area (Å²) in [6.45, 7) is 0.396. The highest BCUT2D eigenvalue weighted by Crippen LogP contribution is 2.41. The van der Waals surface area contributed by atoms with E-state index in [4.69, 9.17) is 4.74 Å². The number of carbonyl (C=O) groups excluding carboxylic acids is 1. The van der Waals surface area contributed by atoms with Gasteiger partial charge in [0.25, 0.3) is 0 Å². The second kappa shape index (κ2) is 6.99. The minimum atomic E-state index is -0.623. The molecule has 3 rings (SSSR count). The first kappa shape index (κ1) is 16.4. The van der Waals surface area contributed by atoms with E-state index in [0.29, 0.717) is 12.4 Å². The number of methoxy groups -OCH3 is 1. The van der Waals surface area contributed by atoms with Gasteiger partial charge in [-0.1, -0.05) is 31.0 Å². The van der Waals surface area contributed by atoms with E-state index >= 15 is 0 Å². The standard InChI is InChI=1S/C19H21FN2O2/c1-24-17-8-7-14(12-21-17)13-22-18(23)19(9-2-3-10-19)15-5-4-6-16(20)11-15/h4-8,11-12H,2-3,9-10,13H2,1H3,(H,22,23). The van der Waals surface area contributed by atoms with Gasteiger partial charge in [-0.05, 0) is 36.1 Å². The highest BCUT2D eigenvalue weighted by atomic mass is 19.1. The maximum absolute atomic E-state index is 13.6. The molecule has 1 aliphatic carbocycles. The average Bonchev–Trinajstić information content (AvgIpc) is 3.11. The number of hydrogen-bond acceptors (Lipinski definition) is 3. The van der Waals surface area contributed by atoms with Gasteiger partial charge in [-0.2, -0.15) is 0 Å². The number of amides is 1. The highest BCUT2D eigenvalue weighted by Gasteiger charge is 2.42. The van der Waals surface area contributed by atoms with E-state index < -0.39 is 5.41 Å². The molecule has 0 unspecified atom stereocenters. The molecule has 4 nitrogen and oxygen atoms in total. The molecule has 1 amide bonds. The molecule has 0 aliphatic heterocycles. The predicted octanol–water partition coefficient (Wildman–Crippen LogP) is 3.36. The number of halogens is 1. The van der Waals surface area contributed by atoms with Crippen LogP contribution in [0.15, 0.2) is 42.6 Å². The summed E-state index contributed by atoms with van der Waals surface area (Å²) in [6, 6.07) is 10.1. The monoisotopic (exact) mass is 328 g/mol. The van der Waals surface area contributed by atoms with Gasteiger partial charge in [-0.15, -0.1) is 0 Å². The number of nitrogens with one attached hydrogen (secondary N) is 1. The third kappa shape index (κ3) is 3.25. The van der Waals surface area contributed by atoms with Crippen LogP contribution in [0.1, 0.15) is 36.8 Å². The Balaban J connectivity index is 1.75. The van der Waals surface area contributed by atoms with Crippen molar-refractivity contribution in [1.82, 2.24) is 10.3 Å². The van der Waals surface area contributed by atoms with Crippen molar-refractivity contribution in [3.05, 3.63) is 59.5 Å². The summed E-state index contributed by atoms with van der Waals surface area (Å²) >= 11 is 0. The minimum absolute atomic E-state index is 0.0404. The van der Waals surface area contributed by atoms with E-state index in [1.165, 1.54) is 12.1 Å². The lowest BCUT2D eigenvalue weighted by Crippen LogP contribution is -2.42. The lowest BCUT2D eigenvalue weighted by molar-refractivity contribution is -0.126. The van der Waals surface area contributed by atoms with Gasteiger partial charge in [-0.3, -0.25) is 4.79 Å². The molecule has 2 aromatic rings. The quantitative estimate of drug-likeness (QED) is 0.916. The second-order valence-electron chi connectivity index (χ2n) is 6.19. The summed E-state index contributed by atoms with van der Waals surface area (Å²) in [7, 11) is 1.56. The Hall–Kier alpha value is -2.43. The first-order valence-electron chi connectivity index (χ1n) is 8.17. The van der Waals surface area contributed by atoms with Crippen molar-refractivity contribution in [2.75, 3.05) is 7.11 Å². The van der Waals surface area contributed by atoms with Gasteiger partial charge in [0.05, 0.1) is 12.5 Å². The molecule has 1 aliphatic rings. The minimum Gasteiger partial charge on any atom is -0.481 e. The van der Waals surface area contributed by atoms with Crippen molar-refractivity contribution in [2.24, 2.45) is 0 Å². The van der Waals surface area contributed by atoms with Gasteiger partial charge in [-0.25, -0.2) is 9.37 Å². The smallest absolute Gasteiger partial charge is 0.230 e. The van der Waals surface area contributed by atoms with Crippen LogP contribution in [0.25, 0.3) is 0 Å². The summed E-state index contributed by atoms with van der Waals surface area (Å²) in [5.41, 5.74) is 1.05. The summed E-state index contributed by atoms with van der Waals surface area (Å²) in [4.78, 5) is 17.0. The molecule has 0 radical (unpaired) electrons. The molecule has 1 aromatic heterocycles. The number of nitrogens with zero attached hydrogens (tertiary/aromatic N) is 1. The van der Waals surface area contributed by atoms with E-state index in [1.54, 1.807) is 25.4 Å². The normalized spacial score (nSPS) is 15.9. The zero-order valence-electron chi connectivity index (χ0n) is 13.7. The van der Waals surface area contributed by atoms with Crippen LogP contribution in [-0.4, -0.2) is 18.0 Å². The predicted molar refractivity (Wildman–Crippen MR) is 89.2 cm³/mol. The van der Waals surface area contributed by atoms with Crippen LogP contribution in [0.4, 0.5) is 4.39 Å². The highest BCUT2D eigenvalue weighted by molar-refractivity contribution is 5.88. The van der Waals surface area contributed by atoms with Crippen molar-refractivity contribution in [3.8, 4) is 5.88 Å². The van der Waals surface area contributed by atoms with Crippen molar-refractivity contribution >= 4 is 5.91 Å². The Labute approximate surface area is 141 Å². The summed E-state index contributed by atoms with van der Waals surface area (Å²) in [6.07, 6.45) is 5.15. The molecule has 1 saturated carbocycles. The molecule has 0 atom stereocenters. The van der Waals surface area contributed by atoms with Crippen LogP contribution >= 0.6 is 0 Å². The van der Waals surface area contributed by atoms with Crippen LogP contribution in [0.5, 0.6) is 5.88 Å². The zero-order valence-corrected chi connectivity index (χ0v) is 13.7. The first-order chi connectivity index (χ1) is 11.6. The zero-order chi connectivity index (χ0) is 17.0. The molecule has 1 N–H and O–H groups in total. The first-order valence-corrected chi connectivity index (χ1v) is 8.17. The Kier molecular flexibility index (Phi) is 4.79. The van der Waals surface area contributed by atoms with Gasteiger partial charge in [0, 0.05) is 18.8 Å². The number of hydrogen-bond donors (Lipinski definition) is 1. The van der Waals surface area contributed by atoms with E-state index in [2.05, 4.69) is 10.3 Å². The number of rotatable bonds is 5. The molecule has 24 heavy (non-hydrogen) atoms. The molecule has 0 saturated heterocycles. The second-order valence-corrected chi connectivity index (χ2v) is 6.19. The van der Waals surface area contributed by atoms with E-state index in [-0.39, 0.29) is 11.7 Å². The molecule has 1 fully saturated rings. The molecule has 5 heteroatoms. The van der Waals surface area contributed by atoms with Crippen LogP contribution in [-0.2, 0) is 16.8 Å². The van der Waals surface area contributed by atoms with E-state index in [1.807, 2.05) is 12.1 Å². The van der Waals surface area contributed by atoms with Gasteiger partial charge >= 0.3 is 0 Å². The maximum Gasteiger partial charge on any atom is 0.230 e. The number of ether oxygens (including phenoxy) is 1. The van der Waals surface area contributed by atoms with Gasteiger partial charge < -0.3 is 10.1 Å². The van der Waals surface area contributed by atoms with E-state index in [0.717, 1.165) is 36.8 Å². The SMILES string of the molecule is COc1ccc(CNC(=O)C2(c3cccc(F)c3)CCCC2)cn1. The Bertz CT molecular complexity index is 710. The van der Waals surface area contributed by atoms with Crippen LogP contribution in [0.3, 0.4) is 0 Å². The third-order valence-corrected chi connectivity index (χ3v) is 4.73. The lowest BCUT2D eigenvalue weighted by Gasteiger charge is -2.28. The Morgan fingerprint density at radius 2 is 2.08 bits per heavy atom. The Morgan fingerprint density at radius 1 is 1.29 bits per heavy atom. The van der Waals surface area contributed by atoms with Gasteiger partial charge in [0.15, 0.2) is 0 Å². The lowest BCUT2D eigenvalue weighted by atomic mass is 9.78. The molecule has 1 aromatic carbocycles. The van der Waals surface area contributed by atoms with Gasteiger partial charge in [0.1, 0.15) is 5.82 Å². The molecule has 0 bridgehead atoms. The number of carbonyl (C=O) groups is 1. The average molecular weight is 328 g/mol. The number of aromatic nitrogens is 1. The maximum atomic E-state index is 13.6. The van der Waals surface area contributed by atoms with Crippen molar-refractivity contribution in [2.45, 2.75) is 37.6 Å². The van der Waals surface area contributed by atoms with Crippen molar-refractivity contribution < 1.29 is 13.9 Å². The number of benzene rings is 1.